The maximum Gasteiger partial charge on any atom is 0.0526 e. The van der Waals surface area contributed by atoms with E-state index in [1.54, 1.807) is 5.41 Å². The molecule has 3 heteroatoms. The van der Waals surface area contributed by atoms with Gasteiger partial charge in [0.05, 0.1) is 16.6 Å². The van der Waals surface area contributed by atoms with Crippen molar-refractivity contribution < 1.29 is 4.21 Å². The molecule has 2 aromatic rings. The first kappa shape index (κ1) is 14.0. The normalized spacial score (nSPS) is 12.7. The van der Waals surface area contributed by atoms with Gasteiger partial charge in [-0.15, -0.1) is 0 Å². The second kappa shape index (κ2) is 6.69. The molecule has 0 radical (unpaired) electrons. The van der Waals surface area contributed by atoms with Crippen molar-refractivity contribution in [2.24, 2.45) is 0 Å². The van der Waals surface area contributed by atoms with E-state index in [-0.39, 0.29) is 0 Å². The van der Waals surface area contributed by atoms with Crippen LogP contribution in [0.25, 0.3) is 6.08 Å². The van der Waals surface area contributed by atoms with Crippen molar-refractivity contribution >= 4 is 28.5 Å². The summed E-state index contributed by atoms with van der Waals surface area (Å²) in [6.07, 6.45) is 1.89. The molecular weight excluding hydrogens is 276 g/mol. The average molecular weight is 291 g/mol. The molecule has 0 aromatic heterocycles. The lowest BCUT2D eigenvalue weighted by atomic mass is 10.2. The predicted octanol–water partition coefficient (Wildman–Crippen LogP) is 4.57. The van der Waals surface area contributed by atoms with E-state index in [4.69, 9.17) is 11.6 Å². The fourth-order valence-corrected chi connectivity index (χ4v) is 2.68. The molecule has 2 aromatic carbocycles. The van der Waals surface area contributed by atoms with Gasteiger partial charge in [-0.1, -0.05) is 53.6 Å². The Balaban J connectivity index is 1.97. The minimum Gasteiger partial charge on any atom is -0.255 e. The third kappa shape index (κ3) is 4.66. The lowest BCUT2D eigenvalue weighted by Gasteiger charge is -1.99. The number of halogens is 1. The van der Waals surface area contributed by atoms with E-state index >= 15 is 0 Å². The highest BCUT2D eigenvalue weighted by molar-refractivity contribution is 7.87. The lowest BCUT2D eigenvalue weighted by molar-refractivity contribution is 0.688. The number of aryl methyl sites for hydroxylation is 1. The molecule has 0 aliphatic heterocycles. The van der Waals surface area contributed by atoms with Crippen molar-refractivity contribution in [2.45, 2.75) is 12.7 Å². The van der Waals surface area contributed by atoms with Crippen LogP contribution in [0.3, 0.4) is 0 Å². The van der Waals surface area contributed by atoms with Gasteiger partial charge in [0.2, 0.25) is 0 Å². The molecule has 0 amide bonds. The number of hydrogen-bond donors (Lipinski definition) is 0. The molecule has 0 aliphatic rings. The number of benzene rings is 2. The Bertz CT molecular complexity index is 585. The third-order valence-electron chi connectivity index (χ3n) is 2.71. The van der Waals surface area contributed by atoms with E-state index in [0.29, 0.717) is 10.8 Å². The molecule has 0 bridgehead atoms. The predicted molar refractivity (Wildman–Crippen MR) is 83.5 cm³/mol. The van der Waals surface area contributed by atoms with Gasteiger partial charge in [0, 0.05) is 10.4 Å². The van der Waals surface area contributed by atoms with Gasteiger partial charge in [0.15, 0.2) is 0 Å². The van der Waals surface area contributed by atoms with Crippen LogP contribution in [0.4, 0.5) is 0 Å². The molecule has 0 heterocycles. The molecule has 0 spiro atoms. The molecule has 0 fully saturated rings. The second-order valence-corrected chi connectivity index (χ2v) is 6.12. The van der Waals surface area contributed by atoms with Gasteiger partial charge in [-0.3, -0.25) is 4.21 Å². The highest BCUT2D eigenvalue weighted by Crippen LogP contribution is 2.12. The molecular formula is C16H15ClOS. The topological polar surface area (TPSA) is 17.1 Å². The summed E-state index contributed by atoms with van der Waals surface area (Å²) in [5, 5.41) is 2.43. The van der Waals surface area contributed by atoms with E-state index in [9.17, 15) is 4.21 Å². The number of hydrogen-bond acceptors (Lipinski definition) is 1. The third-order valence-corrected chi connectivity index (χ3v) is 4.02. The van der Waals surface area contributed by atoms with Gasteiger partial charge in [0.1, 0.15) is 0 Å². The molecule has 98 valence electrons. The monoisotopic (exact) mass is 290 g/mol. The van der Waals surface area contributed by atoms with Crippen LogP contribution < -0.4 is 0 Å². The fraction of sp³-hybridized carbons (Fsp3) is 0.125. The van der Waals surface area contributed by atoms with Crippen LogP contribution in [0.2, 0.25) is 5.02 Å². The Morgan fingerprint density at radius 2 is 1.68 bits per heavy atom. The van der Waals surface area contributed by atoms with E-state index in [2.05, 4.69) is 0 Å². The Hall–Kier alpha value is -1.38. The standard InChI is InChI=1S/C16H15ClOS/c1-13-2-4-14(5-3-13)10-11-19(18)12-15-6-8-16(17)9-7-15/h2-11H,12H2,1H3. The number of rotatable bonds is 4. The van der Waals surface area contributed by atoms with Gasteiger partial charge >= 0.3 is 0 Å². The van der Waals surface area contributed by atoms with Crippen molar-refractivity contribution in [3.8, 4) is 0 Å². The summed E-state index contributed by atoms with van der Waals surface area (Å²) in [5.74, 6) is 0.513. The quantitative estimate of drug-likeness (QED) is 0.806. The first-order chi connectivity index (χ1) is 9.13. The summed E-state index contributed by atoms with van der Waals surface area (Å²) in [7, 11) is -1.01. The van der Waals surface area contributed by atoms with Crippen molar-refractivity contribution in [3.05, 3.63) is 75.7 Å². The van der Waals surface area contributed by atoms with Crippen molar-refractivity contribution in [3.63, 3.8) is 0 Å². The van der Waals surface area contributed by atoms with Crippen LogP contribution in [0.5, 0.6) is 0 Å². The van der Waals surface area contributed by atoms with Gasteiger partial charge in [0.25, 0.3) is 0 Å². The highest BCUT2D eigenvalue weighted by Gasteiger charge is 1.98. The Morgan fingerprint density at radius 1 is 1.05 bits per heavy atom. The minimum atomic E-state index is -1.01. The van der Waals surface area contributed by atoms with E-state index < -0.39 is 10.8 Å². The average Bonchev–Trinajstić information content (AvgIpc) is 2.41. The fourth-order valence-electron chi connectivity index (χ4n) is 1.63. The smallest absolute Gasteiger partial charge is 0.0526 e. The van der Waals surface area contributed by atoms with Crippen molar-refractivity contribution in [2.75, 3.05) is 0 Å². The summed E-state index contributed by atoms with van der Waals surface area (Å²) < 4.78 is 11.9. The zero-order chi connectivity index (χ0) is 13.7. The van der Waals surface area contributed by atoms with E-state index in [0.717, 1.165) is 11.1 Å². The molecule has 1 atom stereocenters. The Labute approximate surface area is 121 Å². The summed E-state index contributed by atoms with van der Waals surface area (Å²) in [6.45, 7) is 2.05. The van der Waals surface area contributed by atoms with Crippen LogP contribution >= 0.6 is 11.6 Å². The molecule has 19 heavy (non-hydrogen) atoms. The summed E-state index contributed by atoms with van der Waals surface area (Å²) in [4.78, 5) is 0. The van der Waals surface area contributed by atoms with E-state index in [1.807, 2.05) is 61.5 Å². The minimum absolute atomic E-state index is 0.513. The zero-order valence-electron chi connectivity index (χ0n) is 10.7. The van der Waals surface area contributed by atoms with Crippen molar-refractivity contribution in [1.29, 1.82) is 0 Å². The van der Waals surface area contributed by atoms with Crippen LogP contribution in [0.1, 0.15) is 16.7 Å². The van der Waals surface area contributed by atoms with E-state index in [1.165, 1.54) is 5.56 Å². The van der Waals surface area contributed by atoms with Gasteiger partial charge < -0.3 is 0 Å². The summed E-state index contributed by atoms with van der Waals surface area (Å²) >= 11 is 5.81. The maximum atomic E-state index is 11.9. The lowest BCUT2D eigenvalue weighted by Crippen LogP contribution is -1.90. The molecule has 0 saturated carbocycles. The first-order valence-corrected chi connectivity index (χ1v) is 7.76. The Kier molecular flexibility index (Phi) is 4.94. The molecule has 0 N–H and O–H groups in total. The molecule has 0 aliphatic carbocycles. The summed E-state index contributed by atoms with van der Waals surface area (Å²) in [5.41, 5.74) is 3.31. The van der Waals surface area contributed by atoms with Gasteiger partial charge in [-0.05, 0) is 36.3 Å². The van der Waals surface area contributed by atoms with Crippen LogP contribution in [-0.2, 0) is 16.6 Å². The second-order valence-electron chi connectivity index (χ2n) is 4.36. The van der Waals surface area contributed by atoms with Gasteiger partial charge in [-0.25, -0.2) is 0 Å². The zero-order valence-corrected chi connectivity index (χ0v) is 12.2. The maximum absolute atomic E-state index is 11.9. The highest BCUT2D eigenvalue weighted by atomic mass is 35.5. The molecule has 1 unspecified atom stereocenters. The first-order valence-electron chi connectivity index (χ1n) is 6.00. The molecule has 0 saturated heterocycles. The molecule has 2 rings (SSSR count). The van der Waals surface area contributed by atoms with Crippen LogP contribution in [0, 0.1) is 6.92 Å². The van der Waals surface area contributed by atoms with Crippen LogP contribution in [-0.4, -0.2) is 4.21 Å². The van der Waals surface area contributed by atoms with Crippen LogP contribution in [0.15, 0.2) is 53.9 Å². The van der Waals surface area contributed by atoms with Crippen molar-refractivity contribution in [1.82, 2.24) is 0 Å². The SMILES string of the molecule is Cc1ccc(C=CS(=O)Cc2ccc(Cl)cc2)cc1. The molecule has 1 nitrogen and oxygen atoms in total. The summed E-state index contributed by atoms with van der Waals surface area (Å²) in [6, 6.07) is 15.6. The van der Waals surface area contributed by atoms with Gasteiger partial charge in [-0.2, -0.15) is 0 Å². The Morgan fingerprint density at radius 3 is 2.32 bits per heavy atom. The largest absolute Gasteiger partial charge is 0.255 e.